The van der Waals surface area contributed by atoms with Crippen molar-refractivity contribution in [2.45, 2.75) is 38.8 Å². The highest BCUT2D eigenvalue weighted by Gasteiger charge is 2.30. The van der Waals surface area contributed by atoms with Gasteiger partial charge in [-0.25, -0.2) is 8.42 Å². The Morgan fingerprint density at radius 1 is 0.975 bits per heavy atom. The lowest BCUT2D eigenvalue weighted by Crippen LogP contribution is -2.50. The van der Waals surface area contributed by atoms with Crippen LogP contribution in [0.25, 0.3) is 0 Å². The van der Waals surface area contributed by atoms with Crippen LogP contribution in [0.15, 0.2) is 78.9 Å². The van der Waals surface area contributed by atoms with E-state index >= 15 is 0 Å². The summed E-state index contributed by atoms with van der Waals surface area (Å²) in [5.41, 5.74) is 2.19. The number of rotatable bonds is 14. The van der Waals surface area contributed by atoms with Crippen molar-refractivity contribution in [2.24, 2.45) is 0 Å². The second-order valence-corrected chi connectivity index (χ2v) is 11.7. The fraction of sp³-hybridized carbons (Fsp3) is 0.333. The number of nitrogens with zero attached hydrogens (tertiary/aromatic N) is 2. The first-order chi connectivity index (χ1) is 19.1. The van der Waals surface area contributed by atoms with Crippen molar-refractivity contribution in [1.82, 2.24) is 10.2 Å². The van der Waals surface area contributed by atoms with Gasteiger partial charge in [-0.3, -0.25) is 13.9 Å². The first-order valence-electron chi connectivity index (χ1n) is 13.1. The molecule has 0 bridgehead atoms. The van der Waals surface area contributed by atoms with E-state index in [0.717, 1.165) is 17.4 Å². The Hall–Kier alpha value is -3.56. The van der Waals surface area contributed by atoms with E-state index in [1.807, 2.05) is 43.3 Å². The number of carbonyl (C=O) groups excluding carboxylic acids is 2. The van der Waals surface area contributed by atoms with Crippen molar-refractivity contribution in [3.63, 3.8) is 0 Å². The number of hydrogen-bond acceptors (Lipinski definition) is 5. The lowest BCUT2D eigenvalue weighted by molar-refractivity contribution is -0.141. The number of nitrogens with one attached hydrogen (secondary N) is 1. The second kappa shape index (κ2) is 14.7. The van der Waals surface area contributed by atoms with Gasteiger partial charge in [-0.1, -0.05) is 54.1 Å². The van der Waals surface area contributed by atoms with E-state index in [0.29, 0.717) is 29.4 Å². The molecule has 0 saturated carbocycles. The van der Waals surface area contributed by atoms with Crippen LogP contribution in [0.4, 0.5) is 5.69 Å². The summed E-state index contributed by atoms with van der Waals surface area (Å²) < 4.78 is 31.6. The van der Waals surface area contributed by atoms with E-state index in [4.69, 9.17) is 16.3 Å². The molecule has 0 aliphatic heterocycles. The number of ether oxygens (including phenoxy) is 1. The van der Waals surface area contributed by atoms with Gasteiger partial charge in [-0.2, -0.15) is 0 Å². The zero-order valence-corrected chi connectivity index (χ0v) is 24.6. The maximum absolute atomic E-state index is 13.8. The van der Waals surface area contributed by atoms with Crippen LogP contribution < -0.4 is 14.4 Å². The van der Waals surface area contributed by atoms with Gasteiger partial charge < -0.3 is 15.0 Å². The van der Waals surface area contributed by atoms with Gasteiger partial charge in [0, 0.05) is 37.5 Å². The maximum atomic E-state index is 13.8. The molecule has 0 fully saturated rings. The third-order valence-corrected chi connectivity index (χ3v) is 7.81. The molecule has 3 aromatic carbocycles. The third kappa shape index (κ3) is 8.99. The zero-order valence-electron chi connectivity index (χ0n) is 23.0. The molecule has 214 valence electrons. The molecular formula is C30H36ClN3O5S. The number of halogens is 1. The van der Waals surface area contributed by atoms with Crippen molar-refractivity contribution in [3.05, 3.63) is 95.0 Å². The number of sulfonamides is 1. The minimum Gasteiger partial charge on any atom is -0.497 e. The highest BCUT2D eigenvalue weighted by molar-refractivity contribution is 7.92. The minimum atomic E-state index is -3.60. The summed E-state index contributed by atoms with van der Waals surface area (Å²) in [5.74, 6) is 0.104. The van der Waals surface area contributed by atoms with E-state index in [1.165, 1.54) is 11.4 Å². The molecule has 0 radical (unpaired) electrons. The molecule has 0 saturated heterocycles. The summed E-state index contributed by atoms with van der Waals surface area (Å²) >= 11 is 6.21. The van der Waals surface area contributed by atoms with Gasteiger partial charge in [-0.15, -0.1) is 0 Å². The topological polar surface area (TPSA) is 96.0 Å². The highest BCUT2D eigenvalue weighted by Crippen LogP contribution is 2.23. The predicted octanol–water partition coefficient (Wildman–Crippen LogP) is 4.67. The number of likely N-dealkylation sites (N-methyl/N-ethyl adjacent to an activating group) is 1. The maximum Gasteiger partial charge on any atom is 0.243 e. The van der Waals surface area contributed by atoms with Gasteiger partial charge in [-0.05, 0) is 60.9 Å². The standard InChI is InChI=1S/C30H36ClN3O5S/c1-4-32-30(36)28(21-23-10-6-5-7-11-23)33(22-24-12-8-13-25(31)20-24)29(35)14-9-19-34(40(3,37)38)26-15-17-27(39-2)18-16-26/h5-8,10-13,15-18,20,28H,4,9,14,19,21-22H2,1-3H3,(H,32,36)/t28-/m1/s1. The average Bonchev–Trinajstić information content (AvgIpc) is 2.93. The minimum absolute atomic E-state index is 0.0490. The van der Waals surface area contributed by atoms with Gasteiger partial charge in [0.1, 0.15) is 11.8 Å². The SMILES string of the molecule is CCNC(=O)[C@@H](Cc1ccccc1)N(Cc1cccc(Cl)c1)C(=O)CCCN(c1ccc(OC)cc1)S(C)(=O)=O. The van der Waals surface area contributed by atoms with Gasteiger partial charge in [0.05, 0.1) is 19.1 Å². The van der Waals surface area contributed by atoms with Crippen LogP contribution in [0.2, 0.25) is 5.02 Å². The summed E-state index contributed by atoms with van der Waals surface area (Å²) in [5, 5.41) is 3.40. The smallest absolute Gasteiger partial charge is 0.243 e. The molecule has 0 spiro atoms. The summed E-state index contributed by atoms with van der Waals surface area (Å²) in [4.78, 5) is 28.6. The Balaban J connectivity index is 1.85. The Morgan fingerprint density at radius 3 is 2.25 bits per heavy atom. The number of anilines is 1. The zero-order chi connectivity index (χ0) is 29.1. The molecule has 0 aliphatic rings. The third-order valence-electron chi connectivity index (χ3n) is 6.38. The number of methoxy groups -OCH3 is 1. The molecule has 10 heteroatoms. The van der Waals surface area contributed by atoms with Gasteiger partial charge in [0.25, 0.3) is 0 Å². The van der Waals surface area contributed by atoms with Gasteiger partial charge in [0.2, 0.25) is 21.8 Å². The van der Waals surface area contributed by atoms with E-state index < -0.39 is 16.1 Å². The summed E-state index contributed by atoms with van der Waals surface area (Å²) in [6.45, 7) is 2.54. The molecule has 40 heavy (non-hydrogen) atoms. The average molecular weight is 586 g/mol. The number of carbonyl (C=O) groups is 2. The van der Waals surface area contributed by atoms with Crippen LogP contribution in [0.3, 0.4) is 0 Å². The molecule has 1 atom stereocenters. The molecule has 0 unspecified atom stereocenters. The largest absolute Gasteiger partial charge is 0.497 e. The molecule has 0 aromatic heterocycles. The van der Waals surface area contributed by atoms with E-state index in [1.54, 1.807) is 47.4 Å². The van der Waals surface area contributed by atoms with Crippen molar-refractivity contribution in [1.29, 1.82) is 0 Å². The van der Waals surface area contributed by atoms with E-state index in [-0.39, 0.29) is 37.7 Å². The number of benzene rings is 3. The fourth-order valence-corrected chi connectivity index (χ4v) is 5.61. The van der Waals surface area contributed by atoms with Gasteiger partial charge in [0.15, 0.2) is 0 Å². The predicted molar refractivity (Wildman–Crippen MR) is 159 cm³/mol. The molecular weight excluding hydrogens is 550 g/mol. The van der Waals surface area contributed by atoms with E-state index in [2.05, 4.69) is 5.32 Å². The summed E-state index contributed by atoms with van der Waals surface area (Å²) in [7, 11) is -2.06. The van der Waals surface area contributed by atoms with Crippen LogP contribution in [0, 0.1) is 0 Å². The normalized spacial score (nSPS) is 11.9. The quantitative estimate of drug-likeness (QED) is 0.297. The van der Waals surface area contributed by atoms with E-state index in [9.17, 15) is 18.0 Å². The first-order valence-corrected chi connectivity index (χ1v) is 15.3. The van der Waals surface area contributed by atoms with Crippen LogP contribution in [0.1, 0.15) is 30.9 Å². The second-order valence-electron chi connectivity index (χ2n) is 9.39. The Bertz CT molecular complexity index is 1370. The lowest BCUT2D eigenvalue weighted by atomic mass is 10.0. The van der Waals surface area contributed by atoms with Gasteiger partial charge >= 0.3 is 0 Å². The Morgan fingerprint density at radius 2 is 1.65 bits per heavy atom. The highest BCUT2D eigenvalue weighted by atomic mass is 35.5. The first kappa shape index (κ1) is 31.0. The molecule has 3 rings (SSSR count). The monoisotopic (exact) mass is 585 g/mol. The molecule has 8 nitrogen and oxygen atoms in total. The van der Waals surface area contributed by atoms with Crippen LogP contribution in [-0.2, 0) is 32.6 Å². The van der Waals surface area contributed by atoms with Crippen molar-refractivity contribution in [2.75, 3.05) is 30.8 Å². The molecule has 2 amide bonds. The molecule has 1 N–H and O–H groups in total. The molecule has 3 aromatic rings. The molecule has 0 heterocycles. The summed E-state index contributed by atoms with van der Waals surface area (Å²) in [6, 6.07) is 22.7. The van der Waals surface area contributed by atoms with Crippen LogP contribution >= 0.6 is 11.6 Å². The molecule has 0 aliphatic carbocycles. The van der Waals surface area contributed by atoms with Crippen molar-refractivity contribution >= 4 is 39.1 Å². The fourth-order valence-electron chi connectivity index (χ4n) is 4.43. The Labute approximate surface area is 241 Å². The summed E-state index contributed by atoms with van der Waals surface area (Å²) in [6.07, 6.45) is 1.78. The number of hydrogen-bond donors (Lipinski definition) is 1. The number of amides is 2. The van der Waals surface area contributed by atoms with Crippen LogP contribution in [0.5, 0.6) is 5.75 Å². The van der Waals surface area contributed by atoms with Crippen LogP contribution in [-0.4, -0.2) is 57.6 Å². The van der Waals surface area contributed by atoms with Crippen molar-refractivity contribution in [3.8, 4) is 5.75 Å². The lowest BCUT2D eigenvalue weighted by Gasteiger charge is -2.32. The van der Waals surface area contributed by atoms with Crippen molar-refractivity contribution < 1.29 is 22.7 Å². The Kier molecular flexibility index (Phi) is 11.4.